The van der Waals surface area contributed by atoms with Crippen LogP contribution in [0.25, 0.3) is 11.1 Å². The third-order valence-electron chi connectivity index (χ3n) is 3.61. The zero-order valence-electron chi connectivity index (χ0n) is 11.4. The molecule has 94 valence electrons. The van der Waals surface area contributed by atoms with Crippen LogP contribution >= 0.6 is 0 Å². The minimum Gasteiger partial charge on any atom is -0.269 e. The van der Waals surface area contributed by atoms with Gasteiger partial charge in [-0.2, -0.15) is 5.10 Å². The Hall–Kier alpha value is -1.35. The zero-order valence-corrected chi connectivity index (χ0v) is 12.4. The molecular weight excluding hydrogens is 236 g/mol. The number of aryl methyl sites for hydroxylation is 1. The molecule has 0 aliphatic carbocycles. The van der Waals surface area contributed by atoms with Crippen molar-refractivity contribution in [2.45, 2.75) is 39.0 Å². The molecule has 0 atom stereocenters. The van der Waals surface area contributed by atoms with Gasteiger partial charge in [-0.15, -0.1) is 0 Å². The Kier molecular flexibility index (Phi) is 2.66. The fraction of sp³-hybridized carbons (Fsp3) is 0.400. The van der Waals surface area contributed by atoms with E-state index in [1.54, 1.807) is 0 Å². The molecule has 0 saturated heterocycles. The van der Waals surface area contributed by atoms with Crippen molar-refractivity contribution >= 4 is 13.4 Å². The number of hydrogen-bond acceptors (Lipinski definition) is 1. The molecule has 2 nitrogen and oxygen atoms in total. The number of fused-ring (bicyclic) bond motifs is 1. The topological polar surface area (TPSA) is 17.8 Å². The highest BCUT2D eigenvalue weighted by atomic mass is 28.3. The number of rotatable bonds is 2. The predicted octanol–water partition coefficient (Wildman–Crippen LogP) is 3.04. The lowest BCUT2D eigenvalue weighted by atomic mass is 10.1. The van der Waals surface area contributed by atoms with Gasteiger partial charge in [0.25, 0.3) is 0 Å². The second kappa shape index (κ2) is 4.09. The second-order valence-electron chi connectivity index (χ2n) is 6.11. The van der Waals surface area contributed by atoms with E-state index >= 15 is 0 Å². The van der Waals surface area contributed by atoms with Gasteiger partial charge in [-0.25, -0.2) is 0 Å². The van der Waals surface area contributed by atoms with Crippen molar-refractivity contribution in [3.63, 3.8) is 0 Å². The Bertz CT molecular complexity index is 564. The van der Waals surface area contributed by atoms with Crippen LogP contribution in [0.3, 0.4) is 0 Å². The predicted molar refractivity (Wildman–Crippen MR) is 79.0 cm³/mol. The maximum Gasteiger partial charge on any atom is 0.104 e. The van der Waals surface area contributed by atoms with Crippen LogP contribution in [-0.2, 0) is 13.0 Å². The van der Waals surface area contributed by atoms with Gasteiger partial charge in [0.15, 0.2) is 0 Å². The molecule has 0 saturated carbocycles. The summed E-state index contributed by atoms with van der Waals surface area (Å²) in [6.45, 7) is 8.26. The fourth-order valence-electron chi connectivity index (χ4n) is 2.77. The zero-order chi connectivity index (χ0) is 12.8. The van der Waals surface area contributed by atoms with E-state index in [-0.39, 0.29) is 0 Å². The first-order valence-corrected chi connectivity index (χ1v) is 10.2. The molecule has 1 aromatic carbocycles. The van der Waals surface area contributed by atoms with Crippen LogP contribution in [0.5, 0.6) is 0 Å². The largest absolute Gasteiger partial charge is 0.269 e. The van der Waals surface area contributed by atoms with Gasteiger partial charge < -0.3 is 0 Å². The first kappa shape index (κ1) is 11.7. The summed E-state index contributed by atoms with van der Waals surface area (Å²) in [4.78, 5) is 0. The maximum absolute atomic E-state index is 4.92. The van der Waals surface area contributed by atoms with Crippen LogP contribution in [0.1, 0.15) is 12.1 Å². The molecule has 18 heavy (non-hydrogen) atoms. The summed E-state index contributed by atoms with van der Waals surface area (Å²) >= 11 is 0. The Morgan fingerprint density at radius 1 is 1.11 bits per heavy atom. The second-order valence-corrected chi connectivity index (χ2v) is 11.1. The number of hydrogen-bond donors (Lipinski definition) is 0. The average Bonchev–Trinajstić information content (AvgIpc) is 2.88. The van der Waals surface area contributed by atoms with Gasteiger partial charge in [-0.3, -0.25) is 4.68 Å². The molecule has 3 rings (SSSR count). The van der Waals surface area contributed by atoms with Gasteiger partial charge in [0.1, 0.15) is 8.07 Å². The molecule has 0 unspecified atom stereocenters. The minimum atomic E-state index is -1.39. The van der Waals surface area contributed by atoms with E-state index in [2.05, 4.69) is 54.7 Å². The van der Waals surface area contributed by atoms with Crippen molar-refractivity contribution < 1.29 is 0 Å². The smallest absolute Gasteiger partial charge is 0.104 e. The average molecular weight is 256 g/mol. The quantitative estimate of drug-likeness (QED) is 0.755. The Balaban J connectivity index is 2.24. The summed E-state index contributed by atoms with van der Waals surface area (Å²) in [7, 11) is -1.39. The van der Waals surface area contributed by atoms with Gasteiger partial charge in [-0.1, -0.05) is 50.0 Å². The molecule has 0 fully saturated rings. The molecule has 2 aromatic rings. The van der Waals surface area contributed by atoms with E-state index in [9.17, 15) is 0 Å². The Morgan fingerprint density at radius 2 is 1.83 bits per heavy atom. The molecule has 0 spiro atoms. The third-order valence-corrected chi connectivity index (χ3v) is 5.38. The van der Waals surface area contributed by atoms with Crippen molar-refractivity contribution in [1.29, 1.82) is 0 Å². The highest BCUT2D eigenvalue weighted by Crippen LogP contribution is 2.28. The standard InChI is InChI=1S/C15H20N2Si/c1-18(2,3)15-14(12-8-5-4-6-9-12)13-10-7-11-17(13)16-15/h4-6,8-9H,7,10-11H2,1-3H3. The summed E-state index contributed by atoms with van der Waals surface area (Å²) in [5.41, 5.74) is 4.24. The normalized spacial score (nSPS) is 14.8. The lowest BCUT2D eigenvalue weighted by molar-refractivity contribution is 0.661. The highest BCUT2D eigenvalue weighted by Gasteiger charge is 2.30. The molecule has 1 aromatic heterocycles. The van der Waals surface area contributed by atoms with Crippen molar-refractivity contribution in [2.75, 3.05) is 0 Å². The molecule has 2 heterocycles. The van der Waals surface area contributed by atoms with Crippen molar-refractivity contribution in [2.24, 2.45) is 0 Å². The Morgan fingerprint density at radius 3 is 2.50 bits per heavy atom. The van der Waals surface area contributed by atoms with Gasteiger partial charge in [-0.05, 0) is 18.4 Å². The van der Waals surface area contributed by atoms with Crippen molar-refractivity contribution in [1.82, 2.24) is 9.78 Å². The minimum absolute atomic E-state index is 1.10. The van der Waals surface area contributed by atoms with E-state index in [0.717, 1.165) is 6.54 Å². The summed E-state index contributed by atoms with van der Waals surface area (Å²) < 4.78 is 2.25. The van der Waals surface area contributed by atoms with E-state index in [4.69, 9.17) is 5.10 Å². The molecule has 3 heteroatoms. The van der Waals surface area contributed by atoms with E-state index < -0.39 is 8.07 Å². The summed E-state index contributed by atoms with van der Waals surface area (Å²) in [6.07, 6.45) is 2.43. The Labute approximate surface area is 110 Å². The molecule has 0 amide bonds. The maximum atomic E-state index is 4.92. The first-order chi connectivity index (χ1) is 8.57. The third kappa shape index (κ3) is 1.83. The van der Waals surface area contributed by atoms with Crippen LogP contribution in [-0.4, -0.2) is 17.9 Å². The van der Waals surface area contributed by atoms with E-state index in [0.29, 0.717) is 0 Å². The lowest BCUT2D eigenvalue weighted by Crippen LogP contribution is -2.40. The molecule has 1 aliphatic rings. The molecular formula is C15H20N2Si. The van der Waals surface area contributed by atoms with Crippen molar-refractivity contribution in [3.05, 3.63) is 36.0 Å². The SMILES string of the molecule is C[Si](C)(C)c1nn2c(c1-c1ccccc1)CCC2. The number of benzene rings is 1. The van der Waals surface area contributed by atoms with Gasteiger partial charge in [0.2, 0.25) is 0 Å². The van der Waals surface area contributed by atoms with Gasteiger partial charge in [0.05, 0.1) is 5.32 Å². The van der Waals surface area contributed by atoms with E-state index in [1.165, 1.54) is 35.0 Å². The monoisotopic (exact) mass is 256 g/mol. The van der Waals surface area contributed by atoms with Crippen LogP contribution in [0.15, 0.2) is 30.3 Å². The van der Waals surface area contributed by atoms with Crippen molar-refractivity contribution in [3.8, 4) is 11.1 Å². The summed E-state index contributed by atoms with van der Waals surface area (Å²) in [5, 5.41) is 6.29. The van der Waals surface area contributed by atoms with Crippen LogP contribution < -0.4 is 5.32 Å². The van der Waals surface area contributed by atoms with Crippen LogP contribution in [0.4, 0.5) is 0 Å². The van der Waals surface area contributed by atoms with Crippen LogP contribution in [0.2, 0.25) is 19.6 Å². The number of aromatic nitrogens is 2. The summed E-state index contributed by atoms with van der Waals surface area (Å²) in [5.74, 6) is 0. The molecule has 0 bridgehead atoms. The molecule has 0 radical (unpaired) electrons. The highest BCUT2D eigenvalue weighted by molar-refractivity contribution is 6.89. The van der Waals surface area contributed by atoms with E-state index in [1.807, 2.05) is 0 Å². The number of nitrogens with zero attached hydrogens (tertiary/aromatic N) is 2. The van der Waals surface area contributed by atoms with Gasteiger partial charge >= 0.3 is 0 Å². The van der Waals surface area contributed by atoms with Gasteiger partial charge in [0, 0.05) is 17.8 Å². The summed E-state index contributed by atoms with van der Waals surface area (Å²) in [6, 6.07) is 10.8. The molecule has 0 N–H and O–H groups in total. The lowest BCUT2D eigenvalue weighted by Gasteiger charge is -2.16. The van der Waals surface area contributed by atoms with Crippen LogP contribution in [0, 0.1) is 0 Å². The first-order valence-electron chi connectivity index (χ1n) is 6.73. The molecule has 1 aliphatic heterocycles. The fourth-order valence-corrected chi connectivity index (χ4v) is 4.22.